The Kier molecular flexibility index (Phi) is 5.83. The maximum Gasteiger partial charge on any atom is 0.340 e. The van der Waals surface area contributed by atoms with Crippen molar-refractivity contribution >= 4 is 45.3 Å². The van der Waals surface area contributed by atoms with Gasteiger partial charge in [-0.15, -0.1) is 11.3 Å². The first-order chi connectivity index (χ1) is 14.5. The molecule has 7 heteroatoms. The Bertz CT molecular complexity index is 1100. The number of methoxy groups -OCH3 is 1. The molecule has 0 saturated carbocycles. The monoisotopic (exact) mass is 440 g/mol. The number of anilines is 2. The van der Waals surface area contributed by atoms with Crippen LogP contribution in [0.3, 0.4) is 0 Å². The molecule has 1 atom stereocenters. The number of nitrogens with one attached hydrogen (secondary N) is 1. The van der Waals surface area contributed by atoms with Crippen molar-refractivity contribution in [1.82, 2.24) is 0 Å². The molecule has 0 fully saturated rings. The van der Waals surface area contributed by atoms with Crippen LogP contribution in [0.1, 0.15) is 29.3 Å². The lowest BCUT2D eigenvalue weighted by Crippen LogP contribution is -2.44. The first-order valence-electron chi connectivity index (χ1n) is 9.64. The topological polar surface area (TPSA) is 41.6 Å². The number of rotatable bonds is 3. The molecule has 0 bridgehead atoms. The van der Waals surface area contributed by atoms with Gasteiger partial charge in [0.1, 0.15) is 10.8 Å². The van der Waals surface area contributed by atoms with Gasteiger partial charge in [-0.3, -0.25) is 0 Å². The smallest absolute Gasteiger partial charge is 0.340 e. The number of hydrogen-bond acceptors (Lipinski definition) is 4. The van der Waals surface area contributed by atoms with E-state index in [9.17, 15) is 9.18 Å². The minimum Gasteiger partial charge on any atom is -0.465 e. The number of halogens is 1. The quantitative estimate of drug-likeness (QED) is 0.407. The van der Waals surface area contributed by atoms with Crippen LogP contribution in [0, 0.1) is 5.82 Å². The standard InChI is InChI=1S/C23H21FN2O2S2/c1-14-8-9-16-12-17(24)10-11-19(16)26(14)23(29)25-21-18(22(27)28-2)13-20(30-21)15-6-4-3-5-7-15/h3-7,10-14H,8-9H2,1-2H3,(H,25,29)/t14-/m0/s1. The summed E-state index contributed by atoms with van der Waals surface area (Å²) in [6.07, 6.45) is 1.67. The van der Waals surface area contributed by atoms with Gasteiger partial charge < -0.3 is 15.0 Å². The summed E-state index contributed by atoms with van der Waals surface area (Å²) < 4.78 is 18.7. The zero-order valence-corrected chi connectivity index (χ0v) is 18.3. The van der Waals surface area contributed by atoms with Gasteiger partial charge in [-0.25, -0.2) is 9.18 Å². The molecule has 1 aromatic heterocycles. The molecule has 2 heterocycles. The molecule has 0 radical (unpaired) electrons. The Morgan fingerprint density at radius 3 is 2.73 bits per heavy atom. The summed E-state index contributed by atoms with van der Waals surface area (Å²) >= 11 is 7.17. The van der Waals surface area contributed by atoms with Gasteiger partial charge in [0.25, 0.3) is 0 Å². The number of aryl methyl sites for hydroxylation is 1. The average Bonchev–Trinajstić information content (AvgIpc) is 3.17. The van der Waals surface area contributed by atoms with E-state index in [-0.39, 0.29) is 11.9 Å². The van der Waals surface area contributed by atoms with Crippen LogP contribution in [0.5, 0.6) is 0 Å². The Morgan fingerprint density at radius 2 is 2.00 bits per heavy atom. The van der Waals surface area contributed by atoms with Crippen LogP contribution in [0.2, 0.25) is 0 Å². The summed E-state index contributed by atoms with van der Waals surface area (Å²) in [5.74, 6) is -0.672. The number of hydrogen-bond donors (Lipinski definition) is 1. The molecule has 0 saturated heterocycles. The van der Waals surface area contributed by atoms with Gasteiger partial charge in [-0.1, -0.05) is 30.3 Å². The van der Waals surface area contributed by atoms with E-state index in [2.05, 4.69) is 12.2 Å². The van der Waals surface area contributed by atoms with Crippen LogP contribution in [-0.4, -0.2) is 24.2 Å². The number of benzene rings is 2. The maximum atomic E-state index is 13.7. The number of carbonyl (C=O) groups excluding carboxylic acids is 1. The molecule has 0 unspecified atom stereocenters. The van der Waals surface area contributed by atoms with Gasteiger partial charge in [0.05, 0.1) is 12.7 Å². The van der Waals surface area contributed by atoms with E-state index < -0.39 is 5.97 Å². The fraction of sp³-hybridized carbons (Fsp3) is 0.217. The SMILES string of the molecule is COC(=O)c1cc(-c2ccccc2)sc1NC(=S)N1c2ccc(F)cc2CC[C@@H]1C. The normalized spacial score (nSPS) is 15.4. The van der Waals surface area contributed by atoms with Gasteiger partial charge in [-0.05, 0) is 67.4 Å². The largest absolute Gasteiger partial charge is 0.465 e. The van der Waals surface area contributed by atoms with Gasteiger partial charge in [0.2, 0.25) is 0 Å². The molecule has 154 valence electrons. The number of ether oxygens (including phenoxy) is 1. The minimum absolute atomic E-state index is 0.151. The molecule has 4 nitrogen and oxygen atoms in total. The fourth-order valence-electron chi connectivity index (χ4n) is 3.68. The Balaban J connectivity index is 1.68. The average molecular weight is 441 g/mol. The summed E-state index contributed by atoms with van der Waals surface area (Å²) in [7, 11) is 1.36. The predicted molar refractivity (Wildman–Crippen MR) is 124 cm³/mol. The van der Waals surface area contributed by atoms with Crippen molar-refractivity contribution in [3.63, 3.8) is 0 Å². The zero-order valence-electron chi connectivity index (χ0n) is 16.6. The van der Waals surface area contributed by atoms with Crippen molar-refractivity contribution in [2.24, 2.45) is 0 Å². The molecule has 1 aliphatic heterocycles. The van der Waals surface area contributed by atoms with Gasteiger partial charge in [0, 0.05) is 16.6 Å². The maximum absolute atomic E-state index is 13.7. The van der Waals surface area contributed by atoms with Crippen LogP contribution < -0.4 is 10.2 Å². The van der Waals surface area contributed by atoms with Gasteiger partial charge in [0.15, 0.2) is 5.11 Å². The second kappa shape index (κ2) is 8.53. The molecule has 0 amide bonds. The van der Waals surface area contributed by atoms with Crippen molar-refractivity contribution < 1.29 is 13.9 Å². The summed E-state index contributed by atoms with van der Waals surface area (Å²) in [6, 6.07) is 16.6. The number of nitrogens with zero attached hydrogens (tertiary/aromatic N) is 1. The third kappa shape index (κ3) is 3.95. The van der Waals surface area contributed by atoms with Gasteiger partial charge >= 0.3 is 5.97 Å². The van der Waals surface area contributed by atoms with Crippen LogP contribution in [0.25, 0.3) is 10.4 Å². The van der Waals surface area contributed by atoms with E-state index in [0.717, 1.165) is 34.5 Å². The first kappa shape index (κ1) is 20.5. The van der Waals surface area contributed by atoms with Crippen molar-refractivity contribution in [1.29, 1.82) is 0 Å². The van der Waals surface area contributed by atoms with E-state index in [1.165, 1.54) is 24.5 Å². The second-order valence-electron chi connectivity index (χ2n) is 7.17. The van der Waals surface area contributed by atoms with Gasteiger partial charge in [-0.2, -0.15) is 0 Å². The number of esters is 1. The van der Waals surface area contributed by atoms with E-state index >= 15 is 0 Å². The zero-order chi connectivity index (χ0) is 21.3. The molecule has 4 rings (SSSR count). The van der Waals surface area contributed by atoms with E-state index in [1.54, 1.807) is 12.1 Å². The Hall–Kier alpha value is -2.77. The summed E-state index contributed by atoms with van der Waals surface area (Å²) in [4.78, 5) is 15.3. The minimum atomic E-state index is -0.423. The van der Waals surface area contributed by atoms with Crippen molar-refractivity contribution in [2.45, 2.75) is 25.8 Å². The first-order valence-corrected chi connectivity index (χ1v) is 10.9. The molecule has 0 aliphatic carbocycles. The lowest BCUT2D eigenvalue weighted by Gasteiger charge is -2.37. The van der Waals surface area contributed by atoms with E-state index in [1.807, 2.05) is 41.3 Å². The van der Waals surface area contributed by atoms with Crippen LogP contribution in [0.4, 0.5) is 15.1 Å². The molecular weight excluding hydrogens is 419 g/mol. The highest BCUT2D eigenvalue weighted by atomic mass is 32.1. The molecule has 30 heavy (non-hydrogen) atoms. The lowest BCUT2D eigenvalue weighted by molar-refractivity contribution is 0.0602. The Labute approximate surface area is 184 Å². The second-order valence-corrected chi connectivity index (χ2v) is 8.61. The highest BCUT2D eigenvalue weighted by Gasteiger charge is 2.28. The molecular formula is C23H21FN2O2S2. The van der Waals surface area contributed by atoms with E-state index in [0.29, 0.717) is 15.7 Å². The molecule has 2 aromatic carbocycles. The van der Waals surface area contributed by atoms with Crippen LogP contribution in [-0.2, 0) is 11.2 Å². The van der Waals surface area contributed by atoms with E-state index in [4.69, 9.17) is 17.0 Å². The van der Waals surface area contributed by atoms with Crippen LogP contribution in [0.15, 0.2) is 54.6 Å². The molecule has 3 aromatic rings. The summed E-state index contributed by atoms with van der Waals surface area (Å²) in [6.45, 7) is 2.09. The number of carbonyl (C=O) groups is 1. The third-order valence-corrected chi connectivity index (χ3v) is 6.61. The molecule has 0 spiro atoms. The van der Waals surface area contributed by atoms with Crippen molar-refractivity contribution in [2.75, 3.05) is 17.3 Å². The number of thiocarbonyl (C=S) groups is 1. The number of fused-ring (bicyclic) bond motifs is 1. The highest BCUT2D eigenvalue weighted by Crippen LogP contribution is 2.37. The molecule has 1 N–H and O–H groups in total. The highest BCUT2D eigenvalue weighted by molar-refractivity contribution is 7.80. The number of thiophene rings is 1. The lowest BCUT2D eigenvalue weighted by atomic mass is 9.97. The summed E-state index contributed by atoms with van der Waals surface area (Å²) in [5.41, 5.74) is 3.28. The predicted octanol–water partition coefficient (Wildman–Crippen LogP) is 5.88. The Morgan fingerprint density at radius 1 is 1.23 bits per heavy atom. The summed E-state index contributed by atoms with van der Waals surface area (Å²) in [5, 5.41) is 4.36. The fourth-order valence-corrected chi connectivity index (χ4v) is 5.17. The van der Waals surface area contributed by atoms with Crippen molar-refractivity contribution in [3.05, 3.63) is 71.5 Å². The van der Waals surface area contributed by atoms with Crippen molar-refractivity contribution in [3.8, 4) is 10.4 Å². The van der Waals surface area contributed by atoms with Crippen LogP contribution >= 0.6 is 23.6 Å². The third-order valence-electron chi connectivity index (χ3n) is 5.21. The molecule has 1 aliphatic rings.